The molecule has 0 radical (unpaired) electrons. The molecule has 0 saturated carbocycles. The zero-order valence-electron chi connectivity index (χ0n) is 20.0. The van der Waals surface area contributed by atoms with Crippen LogP contribution in [-0.4, -0.2) is 30.5 Å². The lowest BCUT2D eigenvalue weighted by Crippen LogP contribution is -2.27. The highest BCUT2D eigenvalue weighted by Crippen LogP contribution is 2.42. The van der Waals surface area contributed by atoms with E-state index >= 15 is 0 Å². The molecular formula is C25H26F3N3O3S2. The largest absolute Gasteiger partial charge is 0.416 e. The van der Waals surface area contributed by atoms with Crippen molar-refractivity contribution in [2.24, 2.45) is 5.92 Å². The first-order valence-corrected chi connectivity index (χ1v) is 14.0. The number of sulfone groups is 1. The first-order valence-electron chi connectivity index (χ1n) is 11.3. The Kier molecular flexibility index (Phi) is 7.27. The Labute approximate surface area is 212 Å². The number of fused-ring (bicyclic) bond motifs is 1. The first kappa shape index (κ1) is 26.3. The minimum absolute atomic E-state index is 0.0522. The summed E-state index contributed by atoms with van der Waals surface area (Å²) in [6.45, 7) is 5.39. The molecule has 1 aromatic heterocycles. The Balaban J connectivity index is 1.42. The number of nitrogens with zero attached hydrogens (tertiary/aromatic N) is 2. The molecule has 4 rings (SSSR count). The van der Waals surface area contributed by atoms with E-state index in [1.807, 2.05) is 0 Å². The van der Waals surface area contributed by atoms with Gasteiger partial charge < -0.3 is 5.32 Å². The van der Waals surface area contributed by atoms with Crippen LogP contribution in [-0.2, 0) is 35.6 Å². The summed E-state index contributed by atoms with van der Waals surface area (Å²) in [5.41, 5.74) is 1.71. The SMILES string of the molecule is CC(C)[C@H]1c2nc(C(=O)NCc3ccc(S(C)(=O)=O)cc3)sc2CN1Cc1ccc(C(F)(F)F)cc1. The summed E-state index contributed by atoms with van der Waals surface area (Å²) in [6, 6.07) is 11.5. The van der Waals surface area contributed by atoms with Crippen molar-refractivity contribution in [2.45, 2.75) is 50.6 Å². The zero-order chi connectivity index (χ0) is 26.3. The van der Waals surface area contributed by atoms with Crippen molar-refractivity contribution >= 4 is 27.1 Å². The van der Waals surface area contributed by atoms with Gasteiger partial charge in [-0.25, -0.2) is 13.4 Å². The molecule has 1 aliphatic heterocycles. The smallest absolute Gasteiger partial charge is 0.346 e. The summed E-state index contributed by atoms with van der Waals surface area (Å²) in [5.74, 6) is -0.120. The van der Waals surface area contributed by atoms with Gasteiger partial charge >= 0.3 is 6.18 Å². The van der Waals surface area contributed by atoms with Crippen molar-refractivity contribution in [3.63, 3.8) is 0 Å². The highest BCUT2D eigenvalue weighted by molar-refractivity contribution is 7.90. The standard InChI is InChI=1S/C25H26F3N3O3S2/c1-15(2)22-21-20(14-31(22)13-17-4-8-18(9-5-17)25(26,27)28)35-24(30-21)23(32)29-12-16-6-10-19(11-7-16)36(3,33)34/h4-11,15,22H,12-14H2,1-3H3,(H,29,32)/t22-/m0/s1. The maximum Gasteiger partial charge on any atom is 0.416 e. The normalized spacial score (nSPS) is 16.4. The van der Waals surface area contributed by atoms with E-state index < -0.39 is 21.6 Å². The molecule has 0 fully saturated rings. The van der Waals surface area contributed by atoms with E-state index in [4.69, 9.17) is 0 Å². The van der Waals surface area contributed by atoms with Crippen LogP contribution >= 0.6 is 11.3 Å². The minimum Gasteiger partial charge on any atom is -0.346 e. The van der Waals surface area contributed by atoms with Gasteiger partial charge in [-0.05, 0) is 41.3 Å². The fraction of sp³-hybridized carbons (Fsp3) is 0.360. The van der Waals surface area contributed by atoms with E-state index in [0.29, 0.717) is 18.1 Å². The van der Waals surface area contributed by atoms with Gasteiger partial charge in [0.25, 0.3) is 5.91 Å². The van der Waals surface area contributed by atoms with Gasteiger partial charge in [0, 0.05) is 30.8 Å². The number of amides is 1. The Morgan fingerprint density at radius 2 is 1.72 bits per heavy atom. The minimum atomic E-state index is -4.36. The molecule has 0 saturated heterocycles. The van der Waals surface area contributed by atoms with Crippen molar-refractivity contribution < 1.29 is 26.4 Å². The molecule has 1 aliphatic rings. The number of hydrogen-bond donors (Lipinski definition) is 1. The molecular weight excluding hydrogens is 511 g/mol. The second-order valence-electron chi connectivity index (χ2n) is 9.21. The third kappa shape index (κ3) is 5.79. The lowest BCUT2D eigenvalue weighted by Gasteiger charge is -2.27. The van der Waals surface area contributed by atoms with Gasteiger partial charge in [-0.2, -0.15) is 13.2 Å². The lowest BCUT2D eigenvalue weighted by molar-refractivity contribution is -0.137. The second kappa shape index (κ2) is 9.95. The molecule has 11 heteroatoms. The number of halogens is 3. The molecule has 2 heterocycles. The van der Waals surface area contributed by atoms with Crippen LogP contribution in [0.3, 0.4) is 0 Å². The number of benzene rings is 2. The highest BCUT2D eigenvalue weighted by atomic mass is 32.2. The van der Waals surface area contributed by atoms with E-state index in [9.17, 15) is 26.4 Å². The number of carbonyl (C=O) groups excluding carboxylic acids is 1. The Morgan fingerprint density at radius 3 is 2.28 bits per heavy atom. The van der Waals surface area contributed by atoms with Crippen LogP contribution in [0, 0.1) is 5.92 Å². The van der Waals surface area contributed by atoms with Crippen molar-refractivity contribution in [3.8, 4) is 0 Å². The van der Waals surface area contributed by atoms with Crippen LogP contribution in [0.1, 0.15) is 57.0 Å². The summed E-state index contributed by atoms with van der Waals surface area (Å²) >= 11 is 1.32. The van der Waals surface area contributed by atoms with Gasteiger partial charge in [-0.15, -0.1) is 11.3 Å². The van der Waals surface area contributed by atoms with Crippen LogP contribution in [0.2, 0.25) is 0 Å². The summed E-state index contributed by atoms with van der Waals surface area (Å²) in [7, 11) is -3.28. The molecule has 36 heavy (non-hydrogen) atoms. The molecule has 0 bridgehead atoms. The quantitative estimate of drug-likeness (QED) is 0.448. The number of nitrogens with one attached hydrogen (secondary N) is 1. The Hall–Kier alpha value is -2.76. The number of thiazole rings is 1. The molecule has 1 amide bonds. The van der Waals surface area contributed by atoms with E-state index in [2.05, 4.69) is 29.0 Å². The van der Waals surface area contributed by atoms with Gasteiger partial charge in [-0.3, -0.25) is 9.69 Å². The van der Waals surface area contributed by atoms with E-state index in [1.54, 1.807) is 12.1 Å². The van der Waals surface area contributed by atoms with Crippen LogP contribution in [0.25, 0.3) is 0 Å². The molecule has 1 atom stereocenters. The molecule has 0 unspecified atom stereocenters. The molecule has 2 aromatic carbocycles. The van der Waals surface area contributed by atoms with Gasteiger partial charge in [-0.1, -0.05) is 38.1 Å². The Bertz CT molecular complexity index is 1350. The lowest BCUT2D eigenvalue weighted by atomic mass is 10.0. The first-order chi connectivity index (χ1) is 16.8. The number of aromatic nitrogens is 1. The third-order valence-corrected chi connectivity index (χ3v) is 8.23. The number of rotatable bonds is 7. The van der Waals surface area contributed by atoms with E-state index in [1.165, 1.54) is 35.6 Å². The molecule has 0 spiro atoms. The van der Waals surface area contributed by atoms with Crippen LogP contribution in [0.5, 0.6) is 0 Å². The van der Waals surface area contributed by atoms with Crippen LogP contribution in [0.15, 0.2) is 53.4 Å². The average molecular weight is 538 g/mol. The average Bonchev–Trinajstić information content (AvgIpc) is 3.34. The van der Waals surface area contributed by atoms with E-state index in [0.717, 1.165) is 40.1 Å². The van der Waals surface area contributed by atoms with Crippen molar-refractivity contribution in [2.75, 3.05) is 6.26 Å². The number of hydrogen-bond acceptors (Lipinski definition) is 6. The predicted molar refractivity (Wildman–Crippen MR) is 131 cm³/mol. The molecule has 0 aliphatic carbocycles. The predicted octanol–water partition coefficient (Wildman–Crippen LogP) is 5.21. The molecule has 1 N–H and O–H groups in total. The van der Waals surface area contributed by atoms with Gasteiger partial charge in [0.05, 0.1) is 22.2 Å². The van der Waals surface area contributed by atoms with Crippen molar-refractivity contribution in [1.29, 1.82) is 0 Å². The zero-order valence-corrected chi connectivity index (χ0v) is 21.6. The fourth-order valence-corrected chi connectivity index (χ4v) is 5.97. The second-order valence-corrected chi connectivity index (χ2v) is 12.3. The van der Waals surface area contributed by atoms with E-state index in [-0.39, 0.29) is 29.3 Å². The van der Waals surface area contributed by atoms with Crippen molar-refractivity contribution in [1.82, 2.24) is 15.2 Å². The number of alkyl halides is 3. The highest BCUT2D eigenvalue weighted by Gasteiger charge is 2.37. The van der Waals surface area contributed by atoms with Crippen molar-refractivity contribution in [3.05, 3.63) is 80.8 Å². The Morgan fingerprint density at radius 1 is 1.11 bits per heavy atom. The summed E-state index contributed by atoms with van der Waals surface area (Å²) in [5, 5.41) is 3.18. The van der Waals surface area contributed by atoms with Crippen LogP contribution in [0.4, 0.5) is 13.2 Å². The summed E-state index contributed by atoms with van der Waals surface area (Å²) in [4.78, 5) is 20.7. The van der Waals surface area contributed by atoms with Crippen LogP contribution < -0.4 is 5.32 Å². The number of carbonyl (C=O) groups is 1. The molecule has 6 nitrogen and oxygen atoms in total. The monoisotopic (exact) mass is 537 g/mol. The topological polar surface area (TPSA) is 79.4 Å². The third-order valence-electron chi connectivity index (χ3n) is 6.05. The van der Waals surface area contributed by atoms with Gasteiger partial charge in [0.15, 0.2) is 14.8 Å². The summed E-state index contributed by atoms with van der Waals surface area (Å²) < 4.78 is 61.8. The summed E-state index contributed by atoms with van der Waals surface area (Å²) in [6.07, 6.45) is -3.22. The van der Waals surface area contributed by atoms with Gasteiger partial charge in [0.1, 0.15) is 0 Å². The molecule has 3 aromatic rings. The fourth-order valence-electron chi connectivity index (χ4n) is 4.30. The molecule has 192 valence electrons. The maximum absolute atomic E-state index is 12.9. The maximum atomic E-state index is 12.9. The van der Waals surface area contributed by atoms with Gasteiger partial charge in [0.2, 0.25) is 0 Å².